The van der Waals surface area contributed by atoms with Gasteiger partial charge >= 0.3 is 7.12 Å². The number of carbonyl (C=O) groups is 1. The molecule has 3 rings (SSSR count). The highest BCUT2D eigenvalue weighted by Gasteiger charge is 2.52. The third-order valence-electron chi connectivity index (χ3n) is 4.58. The number of amides is 1. The van der Waals surface area contributed by atoms with Crippen LogP contribution in [0.25, 0.3) is 0 Å². The topological polar surface area (TPSA) is 73.3 Å². The fourth-order valence-electron chi connectivity index (χ4n) is 2.39. The summed E-state index contributed by atoms with van der Waals surface area (Å²) in [6.45, 7) is 7.58. The first-order valence-electron chi connectivity index (χ1n) is 7.92. The lowest BCUT2D eigenvalue weighted by atomic mass is 9.78. The molecule has 0 saturated carbocycles. The van der Waals surface area contributed by atoms with E-state index in [0.717, 1.165) is 0 Å². The fraction of sp³-hybridized carbons (Fsp3) is 0.353. The Morgan fingerprint density at radius 1 is 1.16 bits per heavy atom. The summed E-state index contributed by atoms with van der Waals surface area (Å²) >= 11 is 0. The highest BCUT2D eigenvalue weighted by atomic mass is 19.1. The van der Waals surface area contributed by atoms with Gasteiger partial charge in [0.2, 0.25) is 0 Å². The average Bonchev–Trinajstić information content (AvgIpc) is 2.78. The van der Waals surface area contributed by atoms with Crippen molar-refractivity contribution in [3.05, 3.63) is 48.3 Å². The molecule has 1 N–H and O–H groups in total. The maximum absolute atomic E-state index is 14.3. The Labute approximate surface area is 145 Å². The highest BCUT2D eigenvalue weighted by Crippen LogP contribution is 2.36. The Bertz CT molecular complexity index is 783. The van der Waals surface area contributed by atoms with E-state index in [4.69, 9.17) is 9.31 Å². The number of benzene rings is 1. The molecule has 1 aromatic heterocycles. The normalized spacial score (nSPS) is 18.2. The number of carbonyl (C=O) groups excluding carboxylic acids is 1. The van der Waals surface area contributed by atoms with E-state index in [-0.39, 0.29) is 11.2 Å². The van der Waals surface area contributed by atoms with Crippen molar-refractivity contribution >= 4 is 24.2 Å². The predicted molar refractivity (Wildman–Crippen MR) is 92.1 cm³/mol. The minimum Gasteiger partial charge on any atom is -0.399 e. The van der Waals surface area contributed by atoms with E-state index in [9.17, 15) is 9.18 Å². The highest BCUT2D eigenvalue weighted by molar-refractivity contribution is 6.62. The van der Waals surface area contributed by atoms with E-state index < -0.39 is 30.0 Å². The molecule has 1 aliphatic rings. The van der Waals surface area contributed by atoms with Gasteiger partial charge in [-0.3, -0.25) is 4.79 Å². The van der Waals surface area contributed by atoms with Crippen molar-refractivity contribution in [3.8, 4) is 0 Å². The number of rotatable bonds is 3. The molecule has 6 nitrogen and oxygen atoms in total. The monoisotopic (exact) mass is 343 g/mol. The maximum atomic E-state index is 14.3. The zero-order valence-electron chi connectivity index (χ0n) is 14.5. The SMILES string of the molecule is CC1(C)OB(c2cc(NC(=O)c3ccncn3)ccc2F)OC1(C)C. The Hall–Kier alpha value is -2.32. The van der Waals surface area contributed by atoms with Crippen molar-refractivity contribution in [2.24, 2.45) is 0 Å². The summed E-state index contributed by atoms with van der Waals surface area (Å²) in [6, 6.07) is 5.75. The van der Waals surface area contributed by atoms with Crippen LogP contribution in [0.2, 0.25) is 0 Å². The first kappa shape index (κ1) is 17.5. The summed E-state index contributed by atoms with van der Waals surface area (Å²) in [5.41, 5.74) is -0.278. The van der Waals surface area contributed by atoms with E-state index in [2.05, 4.69) is 15.3 Å². The summed E-state index contributed by atoms with van der Waals surface area (Å²) in [7, 11) is -0.846. The van der Waals surface area contributed by atoms with Gasteiger partial charge < -0.3 is 14.6 Å². The van der Waals surface area contributed by atoms with E-state index in [1.807, 2.05) is 27.7 Å². The second-order valence-corrected chi connectivity index (χ2v) is 6.87. The maximum Gasteiger partial charge on any atom is 0.497 e. The minimum absolute atomic E-state index is 0.219. The van der Waals surface area contributed by atoms with Gasteiger partial charge in [0.1, 0.15) is 17.8 Å². The predicted octanol–water partition coefficient (Wildman–Crippen LogP) is 2.17. The van der Waals surface area contributed by atoms with Crippen LogP contribution in [0, 0.1) is 5.82 Å². The van der Waals surface area contributed by atoms with Gasteiger partial charge in [0.15, 0.2) is 0 Å². The molecule has 2 aromatic rings. The van der Waals surface area contributed by atoms with Gasteiger partial charge in [-0.1, -0.05) is 0 Å². The third-order valence-corrected chi connectivity index (χ3v) is 4.58. The van der Waals surface area contributed by atoms with Crippen LogP contribution >= 0.6 is 0 Å². The van der Waals surface area contributed by atoms with Gasteiger partial charge in [-0.2, -0.15) is 0 Å². The molecule has 1 saturated heterocycles. The third kappa shape index (κ3) is 3.40. The molecule has 1 aromatic carbocycles. The van der Waals surface area contributed by atoms with Crippen molar-refractivity contribution in [1.29, 1.82) is 0 Å². The standard InChI is InChI=1S/C17H19BFN3O3/c1-16(2)17(3,4)25-18(24-16)12-9-11(5-6-13(12)19)22-15(23)14-7-8-20-10-21-14/h5-10H,1-4H3,(H,22,23). The summed E-state index contributed by atoms with van der Waals surface area (Å²) < 4.78 is 26.1. The van der Waals surface area contributed by atoms with Gasteiger partial charge in [-0.25, -0.2) is 14.4 Å². The van der Waals surface area contributed by atoms with Crippen LogP contribution in [0.15, 0.2) is 36.8 Å². The minimum atomic E-state index is -0.846. The van der Waals surface area contributed by atoms with Crippen molar-refractivity contribution in [2.75, 3.05) is 5.32 Å². The van der Waals surface area contributed by atoms with Crippen molar-refractivity contribution in [1.82, 2.24) is 9.97 Å². The Morgan fingerprint density at radius 3 is 2.44 bits per heavy atom. The van der Waals surface area contributed by atoms with Gasteiger partial charge in [0.25, 0.3) is 5.91 Å². The van der Waals surface area contributed by atoms with Crippen LogP contribution < -0.4 is 10.8 Å². The van der Waals surface area contributed by atoms with Crippen LogP contribution in [0.3, 0.4) is 0 Å². The van der Waals surface area contributed by atoms with Crippen molar-refractivity contribution in [2.45, 2.75) is 38.9 Å². The lowest BCUT2D eigenvalue weighted by molar-refractivity contribution is 0.00578. The van der Waals surface area contributed by atoms with E-state index in [1.165, 1.54) is 36.8 Å². The second-order valence-electron chi connectivity index (χ2n) is 6.87. The smallest absolute Gasteiger partial charge is 0.399 e. The largest absolute Gasteiger partial charge is 0.497 e. The molecular weight excluding hydrogens is 324 g/mol. The number of hydrogen-bond acceptors (Lipinski definition) is 5. The summed E-state index contributed by atoms with van der Waals surface area (Å²) in [5.74, 6) is -0.868. The first-order valence-corrected chi connectivity index (χ1v) is 7.92. The Morgan fingerprint density at radius 2 is 1.84 bits per heavy atom. The molecule has 0 radical (unpaired) electrons. The number of anilines is 1. The summed E-state index contributed by atoms with van der Waals surface area (Å²) in [4.78, 5) is 19.8. The van der Waals surface area contributed by atoms with Gasteiger partial charge in [-0.15, -0.1) is 0 Å². The fourth-order valence-corrected chi connectivity index (χ4v) is 2.39. The number of aromatic nitrogens is 2. The quantitative estimate of drug-likeness (QED) is 0.865. The average molecular weight is 343 g/mol. The molecule has 2 heterocycles. The molecule has 1 fully saturated rings. The van der Waals surface area contributed by atoms with Gasteiger partial charge in [0.05, 0.1) is 11.2 Å². The zero-order valence-corrected chi connectivity index (χ0v) is 14.5. The molecular formula is C17H19BFN3O3. The lowest BCUT2D eigenvalue weighted by Gasteiger charge is -2.32. The molecule has 0 aliphatic carbocycles. The van der Waals surface area contributed by atoms with Crippen LogP contribution in [0.1, 0.15) is 38.2 Å². The van der Waals surface area contributed by atoms with Crippen molar-refractivity contribution in [3.63, 3.8) is 0 Å². The van der Waals surface area contributed by atoms with Crippen LogP contribution in [0.5, 0.6) is 0 Å². The van der Waals surface area contributed by atoms with Gasteiger partial charge in [-0.05, 0) is 52.0 Å². The second kappa shape index (κ2) is 6.20. The number of hydrogen-bond donors (Lipinski definition) is 1. The molecule has 1 aliphatic heterocycles. The molecule has 0 spiro atoms. The molecule has 0 bridgehead atoms. The Balaban J connectivity index is 1.83. The number of halogens is 1. The number of nitrogens with one attached hydrogen (secondary N) is 1. The molecule has 1 amide bonds. The van der Waals surface area contributed by atoms with Crippen LogP contribution in [0.4, 0.5) is 10.1 Å². The molecule has 25 heavy (non-hydrogen) atoms. The summed E-state index contributed by atoms with van der Waals surface area (Å²) in [6.07, 6.45) is 2.76. The van der Waals surface area contributed by atoms with Gasteiger partial charge in [0, 0.05) is 17.3 Å². The van der Waals surface area contributed by atoms with E-state index in [0.29, 0.717) is 5.69 Å². The van der Waals surface area contributed by atoms with Crippen LogP contribution in [-0.4, -0.2) is 34.2 Å². The van der Waals surface area contributed by atoms with E-state index in [1.54, 1.807) is 0 Å². The van der Waals surface area contributed by atoms with Crippen LogP contribution in [-0.2, 0) is 9.31 Å². The van der Waals surface area contributed by atoms with E-state index >= 15 is 0 Å². The lowest BCUT2D eigenvalue weighted by Crippen LogP contribution is -2.41. The molecule has 130 valence electrons. The molecule has 0 atom stereocenters. The summed E-state index contributed by atoms with van der Waals surface area (Å²) in [5, 5.41) is 2.68. The molecule has 0 unspecified atom stereocenters. The Kier molecular flexibility index (Phi) is 4.34. The first-order chi connectivity index (χ1) is 11.7. The van der Waals surface area contributed by atoms with Crippen molar-refractivity contribution < 1.29 is 18.5 Å². The number of nitrogens with zero attached hydrogens (tertiary/aromatic N) is 2. The molecule has 8 heteroatoms. The zero-order chi connectivity index (χ0) is 18.2.